The summed E-state index contributed by atoms with van der Waals surface area (Å²) < 4.78 is 97.6. The normalized spacial score (nSPS) is 16.1. The van der Waals surface area contributed by atoms with Gasteiger partial charge in [0.25, 0.3) is 10.1 Å². The number of ether oxygens (including phenoxy) is 12. The van der Waals surface area contributed by atoms with Gasteiger partial charge < -0.3 is 77.3 Å². The molecular formula is C99H124O20S. The highest BCUT2D eigenvalue weighted by atomic mass is 32.2. The predicted octanol–water partition coefficient (Wildman–Crippen LogP) is 21.7. The molecule has 0 aliphatic heterocycles. The molecule has 646 valence electrons. The van der Waals surface area contributed by atoms with Crippen molar-refractivity contribution in [3.8, 4) is 136 Å². The average Bonchev–Trinajstić information content (AvgIpc) is 0.882. The summed E-state index contributed by atoms with van der Waals surface area (Å²) in [6, 6.07) is 31.2. The Labute approximate surface area is 710 Å². The molecule has 20 nitrogen and oxygen atoms in total. The van der Waals surface area contributed by atoms with Gasteiger partial charge in [0.05, 0.1) is 69.2 Å². The first-order valence-electron chi connectivity index (χ1n) is 41.7. The summed E-state index contributed by atoms with van der Waals surface area (Å²) >= 11 is 0. The number of phenolic OH excluding ortho intramolecular Hbond substituents is 4. The minimum Gasteiger partial charge on any atom is -0.507 e. The maximum atomic E-state index is 11.8. The summed E-state index contributed by atoms with van der Waals surface area (Å²) in [5.41, 5.74) is 15.7. The zero-order valence-corrected chi connectivity index (χ0v) is 73.2. The Kier molecular flexibility index (Phi) is 35.2. The summed E-state index contributed by atoms with van der Waals surface area (Å²) in [5.74, 6) is 7.78. The van der Waals surface area contributed by atoms with Crippen molar-refractivity contribution in [2.75, 3.05) is 83.0 Å². The quantitative estimate of drug-likeness (QED) is 0.0239. The third-order valence-electron chi connectivity index (χ3n) is 22.3. The highest BCUT2D eigenvalue weighted by molar-refractivity contribution is 7.86. The molecule has 8 aromatic rings. The molecule has 0 spiro atoms. The summed E-state index contributed by atoms with van der Waals surface area (Å²) in [7, 11) is 9.03. The third kappa shape index (κ3) is 24.4. The van der Waals surface area contributed by atoms with Gasteiger partial charge in [0, 0.05) is 51.4 Å². The molecule has 4 aliphatic rings. The number of methoxy groups -OCH3 is 8. The first kappa shape index (κ1) is 93.0. The maximum absolute atomic E-state index is 11.8. The number of hydrogen-bond donors (Lipinski definition) is 4. The van der Waals surface area contributed by atoms with Crippen molar-refractivity contribution >= 4 is 16.1 Å². The van der Waals surface area contributed by atoms with Crippen LogP contribution in [0.5, 0.6) is 92.0 Å². The van der Waals surface area contributed by atoms with Gasteiger partial charge in [-0.2, -0.15) is 8.42 Å². The standard InChI is InChI=1S/C28H34O4.C25H32O4.C24H30O5.C22H28O7S/c1-6-16-31-25-15-14-21-13-12-20(3)10-8-9-11-22-19-24(23(25)18-21)27(29-4)28(30-5)26(22)32-17-7-2;1-5-14-29-23-19-9-7-6-8-17(2)10-11-18-12-13-22(26)20(15-18)21(16-19)24(27-3)25(23)28-4;1-15-7-5-6-8-18-14-20(19-13-17(10-9-15)11-12-21(19)26)23(27-3)24(28-4)22(18)29-16(2)25;1-27-21-18-13-15(20(24)22(21)28-2)6-4-5-7-16(29-30(3,25)26)10-8-14-9-11-19(23)17(18)12-14/h6-7,14-15,18-19H,1-3,8-13,16-17H2,4-5H3;5,12-13,15-17,26H,1,6-11,14H2,2-4H3;11-15,26H,5-10H2,1-4H3;9,11-13,16,23-24H,4-8,10H2,1-3H3. The lowest BCUT2D eigenvalue weighted by Crippen LogP contribution is -2.18. The largest absolute Gasteiger partial charge is 0.507 e. The Morgan fingerprint density at radius 2 is 0.725 bits per heavy atom. The fourth-order valence-corrected chi connectivity index (χ4v) is 16.8. The van der Waals surface area contributed by atoms with Crippen LogP contribution < -0.4 is 56.8 Å². The second-order valence-electron chi connectivity index (χ2n) is 31.2. The number of carbonyl (C=O) groups is 1. The molecule has 0 amide bonds. The first-order chi connectivity index (χ1) is 57.9. The molecule has 12 rings (SSSR count). The third-order valence-corrected chi connectivity index (χ3v) is 22.9. The van der Waals surface area contributed by atoms with E-state index < -0.39 is 22.2 Å². The topological polar surface area (TPSA) is 252 Å². The van der Waals surface area contributed by atoms with Gasteiger partial charge in [0.2, 0.25) is 23.0 Å². The number of esters is 1. The van der Waals surface area contributed by atoms with Gasteiger partial charge in [0.15, 0.2) is 46.0 Å². The number of fused-ring (bicyclic) bond motifs is 20. The maximum Gasteiger partial charge on any atom is 0.308 e. The van der Waals surface area contributed by atoms with Crippen LogP contribution in [0, 0.1) is 11.8 Å². The second-order valence-corrected chi connectivity index (χ2v) is 32.8. The number of aromatic hydroxyl groups is 4. The molecule has 4 aliphatic carbocycles. The summed E-state index contributed by atoms with van der Waals surface area (Å²) in [6.45, 7) is 22.8. The van der Waals surface area contributed by atoms with Crippen molar-refractivity contribution in [2.24, 2.45) is 11.8 Å². The van der Waals surface area contributed by atoms with Crippen LogP contribution in [0.15, 0.2) is 147 Å². The Hall–Kier alpha value is -10.9. The van der Waals surface area contributed by atoms with E-state index in [0.717, 1.165) is 178 Å². The number of benzene rings is 8. The molecule has 3 atom stereocenters. The monoisotopic (exact) mass is 1660 g/mol. The van der Waals surface area contributed by atoms with E-state index in [2.05, 4.69) is 70.5 Å². The van der Waals surface area contributed by atoms with Crippen molar-refractivity contribution in [1.29, 1.82) is 0 Å². The van der Waals surface area contributed by atoms with Crippen LogP contribution in [-0.2, 0) is 70.5 Å². The number of rotatable bonds is 20. The molecular weight excluding hydrogens is 1540 g/mol. The van der Waals surface area contributed by atoms with E-state index in [4.69, 9.17) is 61.0 Å². The van der Waals surface area contributed by atoms with E-state index in [1.807, 2.05) is 42.5 Å². The fraction of sp³-hybridized carbons (Fsp3) is 0.424. The van der Waals surface area contributed by atoms with Crippen LogP contribution in [0.25, 0.3) is 44.5 Å². The van der Waals surface area contributed by atoms with E-state index in [9.17, 15) is 33.6 Å². The van der Waals surface area contributed by atoms with Gasteiger partial charge in [-0.3, -0.25) is 8.98 Å². The van der Waals surface area contributed by atoms with E-state index in [-0.39, 0.29) is 28.7 Å². The van der Waals surface area contributed by atoms with Gasteiger partial charge in [-0.25, -0.2) is 0 Å². The molecule has 0 saturated carbocycles. The SMILES string of the molecule is C=CCOc1c2cc(c(OC)c1OC)-c1cc(ccc1O)CCC(C)CCCC2.C=CCOc1ccc2cc1-c1cc(c(OCC=C)c(OC)c1OC)CCCCC(=C)CC2.COc1c2cc(c(O)c1OC)CCCCC(OS(C)(=O)=O)CCc1ccc(O)c-2c1.COc1c2cc(c(OC(C)=O)c1OC)CCCCC(C)CCc1ccc(O)c-2c1. The van der Waals surface area contributed by atoms with Gasteiger partial charge in [-0.05, 0) is 251 Å². The van der Waals surface area contributed by atoms with Crippen LogP contribution in [0.2, 0.25) is 0 Å². The molecule has 21 heteroatoms. The average molecular weight is 1670 g/mol. The number of phenols is 4. The molecule has 0 fully saturated rings. The summed E-state index contributed by atoms with van der Waals surface area (Å²) in [6.07, 6.45) is 28.2. The number of allylic oxidation sites excluding steroid dienone is 1. The Morgan fingerprint density at radius 1 is 0.375 bits per heavy atom. The number of aryl methyl sites for hydroxylation is 8. The van der Waals surface area contributed by atoms with Gasteiger partial charge in [-0.15, -0.1) is 0 Å². The zero-order valence-electron chi connectivity index (χ0n) is 72.4. The van der Waals surface area contributed by atoms with Crippen LogP contribution >= 0.6 is 0 Å². The summed E-state index contributed by atoms with van der Waals surface area (Å²) in [4.78, 5) is 11.8. The minimum absolute atomic E-state index is 0.00699. The lowest BCUT2D eigenvalue weighted by Gasteiger charge is -2.22. The Morgan fingerprint density at radius 3 is 1.16 bits per heavy atom. The molecule has 0 aromatic heterocycles. The predicted molar refractivity (Wildman–Crippen MR) is 476 cm³/mol. The first-order valence-corrected chi connectivity index (χ1v) is 43.5. The molecule has 0 heterocycles. The molecule has 4 N–H and O–H groups in total. The molecule has 16 bridgehead atoms. The lowest BCUT2D eigenvalue weighted by atomic mass is 9.94. The number of carbonyl (C=O) groups excluding carboxylic acids is 1. The lowest BCUT2D eigenvalue weighted by molar-refractivity contribution is -0.132. The van der Waals surface area contributed by atoms with Gasteiger partial charge in [0.1, 0.15) is 42.8 Å². The Bertz CT molecular complexity index is 4960. The smallest absolute Gasteiger partial charge is 0.308 e. The highest BCUT2D eigenvalue weighted by Gasteiger charge is 2.31. The highest BCUT2D eigenvalue weighted by Crippen LogP contribution is 2.54. The Balaban J connectivity index is 0.000000182. The minimum atomic E-state index is -3.56. The fourth-order valence-electron chi connectivity index (χ4n) is 16.1. The van der Waals surface area contributed by atoms with Crippen molar-refractivity contribution in [3.05, 3.63) is 192 Å². The van der Waals surface area contributed by atoms with Gasteiger partial charge in [-0.1, -0.05) is 120 Å². The number of hydrogen-bond acceptors (Lipinski definition) is 20. The van der Waals surface area contributed by atoms with E-state index >= 15 is 0 Å². The summed E-state index contributed by atoms with van der Waals surface area (Å²) in [5, 5.41) is 42.5. The van der Waals surface area contributed by atoms with Crippen LogP contribution in [0.3, 0.4) is 0 Å². The van der Waals surface area contributed by atoms with Crippen molar-refractivity contribution in [3.63, 3.8) is 0 Å². The van der Waals surface area contributed by atoms with Crippen molar-refractivity contribution in [2.45, 2.75) is 181 Å². The van der Waals surface area contributed by atoms with E-state index in [1.165, 1.54) is 63.4 Å². The molecule has 120 heavy (non-hydrogen) atoms. The van der Waals surface area contributed by atoms with E-state index in [0.29, 0.717) is 137 Å². The van der Waals surface area contributed by atoms with Gasteiger partial charge >= 0.3 is 5.97 Å². The molecule has 8 aromatic carbocycles. The second kappa shape index (κ2) is 45.5. The van der Waals surface area contributed by atoms with Crippen molar-refractivity contribution < 1.29 is 94.7 Å². The van der Waals surface area contributed by atoms with Crippen LogP contribution in [0.4, 0.5) is 0 Å². The van der Waals surface area contributed by atoms with E-state index in [1.54, 1.807) is 78.0 Å². The van der Waals surface area contributed by atoms with Crippen LogP contribution in [0.1, 0.15) is 168 Å². The zero-order chi connectivity index (χ0) is 86.6. The molecule has 3 unspecified atom stereocenters. The van der Waals surface area contributed by atoms with Crippen molar-refractivity contribution in [1.82, 2.24) is 0 Å². The molecule has 0 radical (unpaired) electrons. The van der Waals surface area contributed by atoms with Crippen LogP contribution in [-0.4, -0.2) is 124 Å². The molecule has 0 saturated heterocycles.